The zero-order valence-electron chi connectivity index (χ0n) is 10.4. The van der Waals surface area contributed by atoms with Crippen LogP contribution in [0.25, 0.3) is 0 Å². The second-order valence-corrected chi connectivity index (χ2v) is 5.69. The van der Waals surface area contributed by atoms with Crippen LogP contribution in [0.4, 0.5) is 0 Å². The maximum Gasteiger partial charge on any atom is 0.123 e. The molecule has 17 heavy (non-hydrogen) atoms. The van der Waals surface area contributed by atoms with E-state index in [2.05, 4.69) is 0 Å². The minimum atomic E-state index is -0.767. The zero-order chi connectivity index (χ0) is 12.5. The number of aldehydes is 1. The summed E-state index contributed by atoms with van der Waals surface area (Å²) in [7, 11) is 0. The van der Waals surface area contributed by atoms with Crippen molar-refractivity contribution in [3.05, 3.63) is 0 Å². The highest BCUT2D eigenvalue weighted by atomic mass is 16.5. The fourth-order valence-corrected chi connectivity index (χ4v) is 3.62. The lowest BCUT2D eigenvalue weighted by Gasteiger charge is -2.48. The second kappa shape index (κ2) is 4.67. The molecule has 2 N–H and O–H groups in total. The van der Waals surface area contributed by atoms with Gasteiger partial charge in [0, 0.05) is 17.8 Å². The number of ether oxygens (including phenoxy) is 1. The van der Waals surface area contributed by atoms with E-state index in [1.54, 1.807) is 0 Å². The van der Waals surface area contributed by atoms with Crippen LogP contribution in [0, 0.1) is 11.3 Å². The molecule has 0 spiro atoms. The Balaban J connectivity index is 2.07. The van der Waals surface area contributed by atoms with E-state index in [0.29, 0.717) is 19.4 Å². The van der Waals surface area contributed by atoms with E-state index in [1.165, 1.54) is 0 Å². The normalized spacial score (nSPS) is 45.6. The first-order chi connectivity index (χ1) is 8.05. The van der Waals surface area contributed by atoms with Gasteiger partial charge in [-0.2, -0.15) is 0 Å². The first kappa shape index (κ1) is 13.0. The minimum absolute atomic E-state index is 0.0170. The van der Waals surface area contributed by atoms with Crippen molar-refractivity contribution in [2.75, 3.05) is 13.2 Å². The van der Waals surface area contributed by atoms with Crippen LogP contribution < -0.4 is 0 Å². The Morgan fingerprint density at radius 3 is 2.82 bits per heavy atom. The molecule has 4 heteroatoms. The Morgan fingerprint density at radius 2 is 2.18 bits per heavy atom. The van der Waals surface area contributed by atoms with E-state index >= 15 is 0 Å². The van der Waals surface area contributed by atoms with Crippen LogP contribution in [0.5, 0.6) is 0 Å². The van der Waals surface area contributed by atoms with E-state index in [4.69, 9.17) is 9.84 Å². The van der Waals surface area contributed by atoms with Crippen LogP contribution >= 0.6 is 0 Å². The number of aliphatic hydroxyl groups is 2. The van der Waals surface area contributed by atoms with Crippen LogP contribution in [0.1, 0.15) is 39.0 Å². The molecular weight excluding hydrogens is 220 g/mol. The van der Waals surface area contributed by atoms with Gasteiger partial charge >= 0.3 is 0 Å². The number of carbonyl (C=O) groups excluding carboxylic acids is 1. The summed E-state index contributed by atoms with van der Waals surface area (Å²) in [6.07, 6.45) is 4.77. The Morgan fingerprint density at radius 1 is 1.41 bits per heavy atom. The monoisotopic (exact) mass is 242 g/mol. The molecule has 0 radical (unpaired) electrons. The standard InChI is InChI=1S/C13H22O4/c1-12-4-3-11(17-7-6-14)8-13(12,16)5-2-10(12)9-15/h9-11,14,16H,2-8H2,1H3/t10-,11+,12-,13+/m1/s1. The molecule has 0 amide bonds. The smallest absolute Gasteiger partial charge is 0.123 e. The maximum atomic E-state index is 11.1. The summed E-state index contributed by atoms with van der Waals surface area (Å²) >= 11 is 0. The number of fused-ring (bicyclic) bond motifs is 1. The molecule has 4 nitrogen and oxygen atoms in total. The molecule has 4 atom stereocenters. The SMILES string of the molecule is C[C@]12CC[C@H](OCCO)C[C@@]1(O)CC[C@@H]2C=O. The van der Waals surface area contributed by atoms with Gasteiger partial charge in [-0.05, 0) is 25.7 Å². The van der Waals surface area contributed by atoms with Crippen molar-refractivity contribution in [2.24, 2.45) is 11.3 Å². The van der Waals surface area contributed by atoms with Gasteiger partial charge in [-0.25, -0.2) is 0 Å². The number of carbonyl (C=O) groups is 1. The molecule has 0 aromatic heterocycles. The second-order valence-electron chi connectivity index (χ2n) is 5.69. The Kier molecular flexibility index (Phi) is 3.57. The van der Waals surface area contributed by atoms with Crippen LogP contribution in [-0.2, 0) is 9.53 Å². The largest absolute Gasteiger partial charge is 0.394 e. The lowest BCUT2D eigenvalue weighted by atomic mass is 9.62. The van der Waals surface area contributed by atoms with Gasteiger partial charge < -0.3 is 19.7 Å². The molecule has 2 aliphatic rings. The highest BCUT2D eigenvalue weighted by Gasteiger charge is 2.59. The van der Waals surface area contributed by atoms with Crippen molar-refractivity contribution in [1.82, 2.24) is 0 Å². The maximum absolute atomic E-state index is 11.1. The molecule has 0 aromatic carbocycles. The van der Waals surface area contributed by atoms with Crippen molar-refractivity contribution in [2.45, 2.75) is 50.7 Å². The van der Waals surface area contributed by atoms with Crippen molar-refractivity contribution in [3.63, 3.8) is 0 Å². The molecule has 2 fully saturated rings. The van der Waals surface area contributed by atoms with Crippen LogP contribution in [0.15, 0.2) is 0 Å². The van der Waals surface area contributed by atoms with Crippen LogP contribution in [-0.4, -0.2) is 41.4 Å². The van der Waals surface area contributed by atoms with Gasteiger partial charge in [0.2, 0.25) is 0 Å². The minimum Gasteiger partial charge on any atom is -0.394 e. The number of hydrogen-bond acceptors (Lipinski definition) is 4. The van der Waals surface area contributed by atoms with Crippen molar-refractivity contribution in [1.29, 1.82) is 0 Å². The fraction of sp³-hybridized carbons (Fsp3) is 0.923. The lowest BCUT2D eigenvalue weighted by molar-refractivity contribution is -0.149. The highest BCUT2D eigenvalue weighted by molar-refractivity contribution is 5.57. The number of hydrogen-bond donors (Lipinski definition) is 2. The molecule has 0 saturated heterocycles. The van der Waals surface area contributed by atoms with Gasteiger partial charge in [-0.15, -0.1) is 0 Å². The topological polar surface area (TPSA) is 66.8 Å². The summed E-state index contributed by atoms with van der Waals surface area (Å²) in [6.45, 7) is 2.37. The van der Waals surface area contributed by atoms with Crippen molar-refractivity contribution < 1.29 is 19.7 Å². The fourth-order valence-electron chi connectivity index (χ4n) is 3.62. The van der Waals surface area contributed by atoms with E-state index in [1.807, 2.05) is 6.92 Å². The average Bonchev–Trinajstić information content (AvgIpc) is 2.58. The van der Waals surface area contributed by atoms with E-state index in [9.17, 15) is 9.90 Å². The summed E-state index contributed by atoms with van der Waals surface area (Å²) in [5.41, 5.74) is -1.05. The lowest BCUT2D eigenvalue weighted by Crippen LogP contribution is -2.51. The van der Waals surface area contributed by atoms with Gasteiger partial charge in [0.15, 0.2) is 0 Å². The summed E-state index contributed by atoms with van der Waals surface area (Å²) in [5.74, 6) is -0.0220. The molecule has 0 heterocycles. The highest BCUT2D eigenvalue weighted by Crippen LogP contribution is 2.57. The predicted octanol–water partition coefficient (Wildman–Crippen LogP) is 0.894. The molecule has 0 aliphatic heterocycles. The summed E-state index contributed by atoms with van der Waals surface area (Å²) in [6, 6.07) is 0. The third-order valence-corrected chi connectivity index (χ3v) is 4.91. The van der Waals surface area contributed by atoms with Gasteiger partial charge in [0.25, 0.3) is 0 Å². The van der Waals surface area contributed by atoms with Crippen LogP contribution in [0.2, 0.25) is 0 Å². The molecular formula is C13H22O4. The summed E-state index contributed by atoms with van der Waals surface area (Å²) in [4.78, 5) is 11.1. The Labute approximate surface area is 102 Å². The molecule has 2 saturated carbocycles. The van der Waals surface area contributed by atoms with Gasteiger partial charge in [-0.3, -0.25) is 0 Å². The van der Waals surface area contributed by atoms with Gasteiger partial charge in [0.05, 0.1) is 24.9 Å². The molecule has 2 aliphatic carbocycles. The van der Waals surface area contributed by atoms with Crippen molar-refractivity contribution >= 4 is 6.29 Å². The van der Waals surface area contributed by atoms with E-state index in [-0.39, 0.29) is 24.0 Å². The van der Waals surface area contributed by atoms with Crippen molar-refractivity contribution in [3.8, 4) is 0 Å². The number of rotatable bonds is 4. The predicted molar refractivity (Wildman–Crippen MR) is 62.5 cm³/mol. The first-order valence-corrected chi connectivity index (χ1v) is 6.46. The summed E-state index contributed by atoms with van der Waals surface area (Å²) < 4.78 is 5.52. The molecule has 0 aromatic rings. The average molecular weight is 242 g/mol. The molecule has 98 valence electrons. The van der Waals surface area contributed by atoms with Gasteiger partial charge in [-0.1, -0.05) is 6.92 Å². The molecule has 0 unspecified atom stereocenters. The third-order valence-electron chi connectivity index (χ3n) is 4.91. The van der Waals surface area contributed by atoms with Crippen LogP contribution in [0.3, 0.4) is 0 Å². The Hall–Kier alpha value is -0.450. The quantitative estimate of drug-likeness (QED) is 0.719. The van der Waals surface area contributed by atoms with Gasteiger partial charge in [0.1, 0.15) is 6.29 Å². The van der Waals surface area contributed by atoms with E-state index in [0.717, 1.165) is 25.5 Å². The first-order valence-electron chi connectivity index (χ1n) is 6.46. The molecule has 2 rings (SSSR count). The molecule has 0 bridgehead atoms. The summed E-state index contributed by atoms with van der Waals surface area (Å²) in [5, 5.41) is 19.5. The van der Waals surface area contributed by atoms with E-state index < -0.39 is 5.60 Å². The number of aliphatic hydroxyl groups excluding tert-OH is 1. The third kappa shape index (κ3) is 2.02. The zero-order valence-corrected chi connectivity index (χ0v) is 10.4. The Bertz CT molecular complexity index is 293.